The maximum absolute atomic E-state index is 12.4. The van der Waals surface area contributed by atoms with Gasteiger partial charge in [0.05, 0.1) is 11.3 Å². The number of alkyl halides is 3. The lowest BCUT2D eigenvalue weighted by Crippen LogP contribution is -2.33. The van der Waals surface area contributed by atoms with Crippen LogP contribution in [-0.4, -0.2) is 28.9 Å². The molecule has 1 atom stereocenters. The number of rotatable bonds is 7. The third kappa shape index (κ3) is 6.78. The molecule has 1 unspecified atom stereocenters. The lowest BCUT2D eigenvalue weighted by molar-refractivity contribution is -0.105. The lowest BCUT2D eigenvalue weighted by atomic mass is 10.1. The highest BCUT2D eigenvalue weighted by Gasteiger charge is 2.28. The fourth-order valence-corrected chi connectivity index (χ4v) is 2.98. The Balaban J connectivity index is 1.93. The van der Waals surface area contributed by atoms with E-state index in [1.165, 1.54) is 17.8 Å². The lowest BCUT2D eigenvalue weighted by Gasteiger charge is -2.15. The van der Waals surface area contributed by atoms with E-state index >= 15 is 0 Å². The number of aromatic nitrogens is 1. The molecule has 0 saturated carbocycles. The zero-order valence-electron chi connectivity index (χ0n) is 13.7. The standard InChI is InChI=1S/C18H19F3N2OS/c1-13(9-10-14-6-3-2-4-7-14)23-16(24)15-8-5-11-22-17(15)25-12-18(19,20)21/h2-8,11,13H,9-10,12H2,1H3,(H,23,24). The topological polar surface area (TPSA) is 42.0 Å². The average molecular weight is 368 g/mol. The Kier molecular flexibility index (Phi) is 6.87. The fourth-order valence-electron chi connectivity index (χ4n) is 2.23. The van der Waals surface area contributed by atoms with Crippen molar-refractivity contribution in [2.75, 3.05) is 5.75 Å². The minimum atomic E-state index is -4.31. The molecule has 134 valence electrons. The van der Waals surface area contributed by atoms with E-state index in [1.54, 1.807) is 6.07 Å². The molecule has 0 spiro atoms. The van der Waals surface area contributed by atoms with Gasteiger partial charge in [0, 0.05) is 12.2 Å². The molecule has 0 radical (unpaired) electrons. The highest BCUT2D eigenvalue weighted by molar-refractivity contribution is 7.99. The number of thioether (sulfide) groups is 1. The normalized spacial score (nSPS) is 12.6. The predicted octanol–water partition coefficient (Wildman–Crippen LogP) is 4.49. The van der Waals surface area contributed by atoms with Crippen molar-refractivity contribution in [2.24, 2.45) is 0 Å². The Morgan fingerprint density at radius 1 is 1.20 bits per heavy atom. The third-order valence-corrected chi connectivity index (χ3v) is 4.55. The van der Waals surface area contributed by atoms with Crippen LogP contribution in [0.1, 0.15) is 29.3 Å². The number of hydrogen-bond donors (Lipinski definition) is 1. The number of carbonyl (C=O) groups excluding carboxylic acids is 1. The van der Waals surface area contributed by atoms with Gasteiger partial charge in [-0.15, -0.1) is 0 Å². The number of halogens is 3. The molecule has 1 aromatic carbocycles. The molecule has 2 rings (SSSR count). The third-order valence-electron chi connectivity index (χ3n) is 3.47. The number of carbonyl (C=O) groups is 1. The van der Waals surface area contributed by atoms with Gasteiger partial charge in [-0.2, -0.15) is 13.2 Å². The molecular formula is C18H19F3N2OS. The van der Waals surface area contributed by atoms with Crippen molar-refractivity contribution in [2.45, 2.75) is 37.0 Å². The molecule has 1 amide bonds. The second kappa shape index (κ2) is 8.89. The van der Waals surface area contributed by atoms with Gasteiger partial charge in [0.1, 0.15) is 5.03 Å². The molecule has 3 nitrogen and oxygen atoms in total. The van der Waals surface area contributed by atoms with Crippen LogP contribution < -0.4 is 5.32 Å². The van der Waals surface area contributed by atoms with Gasteiger partial charge in [-0.3, -0.25) is 4.79 Å². The fraction of sp³-hybridized carbons (Fsp3) is 0.333. The first-order chi connectivity index (χ1) is 11.8. The minimum absolute atomic E-state index is 0.0904. The van der Waals surface area contributed by atoms with E-state index in [-0.39, 0.29) is 16.6 Å². The summed E-state index contributed by atoms with van der Waals surface area (Å²) >= 11 is 0.523. The number of nitrogens with one attached hydrogen (secondary N) is 1. The van der Waals surface area contributed by atoms with Crippen molar-refractivity contribution in [3.8, 4) is 0 Å². The van der Waals surface area contributed by atoms with Crippen LogP contribution in [0.5, 0.6) is 0 Å². The molecule has 0 bridgehead atoms. The summed E-state index contributed by atoms with van der Waals surface area (Å²) in [4.78, 5) is 16.3. The molecule has 0 saturated heterocycles. The van der Waals surface area contributed by atoms with Crippen molar-refractivity contribution in [3.05, 3.63) is 59.8 Å². The molecule has 1 N–H and O–H groups in total. The summed E-state index contributed by atoms with van der Waals surface area (Å²) in [5, 5.41) is 2.92. The van der Waals surface area contributed by atoms with E-state index in [0.29, 0.717) is 11.8 Å². The number of pyridine rings is 1. The van der Waals surface area contributed by atoms with Crippen LogP contribution in [0.15, 0.2) is 53.7 Å². The molecule has 0 aliphatic heterocycles. The van der Waals surface area contributed by atoms with Gasteiger partial charge in [0.15, 0.2) is 0 Å². The molecule has 2 aromatic rings. The first kappa shape index (κ1) is 19.3. The van der Waals surface area contributed by atoms with E-state index in [1.807, 2.05) is 37.3 Å². The summed E-state index contributed by atoms with van der Waals surface area (Å²) in [5.74, 6) is -1.48. The monoisotopic (exact) mass is 368 g/mol. The Morgan fingerprint density at radius 2 is 1.92 bits per heavy atom. The van der Waals surface area contributed by atoms with E-state index in [4.69, 9.17) is 0 Å². The SMILES string of the molecule is CC(CCc1ccccc1)NC(=O)c1cccnc1SCC(F)(F)F. The average Bonchev–Trinajstić information content (AvgIpc) is 2.58. The van der Waals surface area contributed by atoms with Gasteiger partial charge in [-0.1, -0.05) is 42.1 Å². The number of hydrogen-bond acceptors (Lipinski definition) is 3. The van der Waals surface area contributed by atoms with Gasteiger partial charge >= 0.3 is 6.18 Å². The van der Waals surface area contributed by atoms with Gasteiger partial charge in [0.25, 0.3) is 5.91 Å². The maximum atomic E-state index is 12.4. The van der Waals surface area contributed by atoms with Crippen LogP contribution in [0.3, 0.4) is 0 Å². The number of nitrogens with zero attached hydrogens (tertiary/aromatic N) is 1. The van der Waals surface area contributed by atoms with E-state index in [9.17, 15) is 18.0 Å². The van der Waals surface area contributed by atoms with Crippen LogP contribution in [0.4, 0.5) is 13.2 Å². The number of amides is 1. The Hall–Kier alpha value is -2.02. The summed E-state index contributed by atoms with van der Waals surface area (Å²) in [5.41, 5.74) is 1.34. The largest absolute Gasteiger partial charge is 0.398 e. The molecule has 25 heavy (non-hydrogen) atoms. The molecule has 1 heterocycles. The van der Waals surface area contributed by atoms with Crippen molar-refractivity contribution in [1.29, 1.82) is 0 Å². The minimum Gasteiger partial charge on any atom is -0.349 e. The van der Waals surface area contributed by atoms with Crippen LogP contribution in [0.2, 0.25) is 0 Å². The Bertz CT molecular complexity index is 692. The van der Waals surface area contributed by atoms with E-state index in [0.717, 1.165) is 12.8 Å². The summed E-state index contributed by atoms with van der Waals surface area (Å²) in [7, 11) is 0. The quantitative estimate of drug-likeness (QED) is 0.733. The smallest absolute Gasteiger partial charge is 0.349 e. The van der Waals surface area contributed by atoms with Gasteiger partial charge in [0.2, 0.25) is 0 Å². The van der Waals surface area contributed by atoms with Crippen LogP contribution in [0.25, 0.3) is 0 Å². The van der Waals surface area contributed by atoms with Crippen molar-refractivity contribution < 1.29 is 18.0 Å². The second-order valence-corrected chi connectivity index (χ2v) is 6.62. The Labute approximate surface area is 149 Å². The highest BCUT2D eigenvalue weighted by atomic mass is 32.2. The van der Waals surface area contributed by atoms with Crippen LogP contribution in [-0.2, 0) is 6.42 Å². The van der Waals surface area contributed by atoms with E-state index in [2.05, 4.69) is 10.3 Å². The zero-order valence-corrected chi connectivity index (χ0v) is 14.5. The highest BCUT2D eigenvalue weighted by Crippen LogP contribution is 2.28. The van der Waals surface area contributed by atoms with Crippen LogP contribution >= 0.6 is 11.8 Å². The van der Waals surface area contributed by atoms with Gasteiger partial charge in [-0.05, 0) is 37.5 Å². The van der Waals surface area contributed by atoms with Gasteiger partial charge < -0.3 is 5.32 Å². The van der Waals surface area contributed by atoms with Crippen molar-refractivity contribution >= 4 is 17.7 Å². The van der Waals surface area contributed by atoms with Crippen LogP contribution in [0, 0.1) is 0 Å². The molecule has 7 heteroatoms. The molecule has 1 aromatic heterocycles. The Morgan fingerprint density at radius 3 is 2.60 bits per heavy atom. The first-order valence-corrected chi connectivity index (χ1v) is 8.83. The first-order valence-electron chi connectivity index (χ1n) is 7.84. The predicted molar refractivity (Wildman–Crippen MR) is 92.7 cm³/mol. The second-order valence-electron chi connectivity index (χ2n) is 5.66. The van der Waals surface area contributed by atoms with Crippen molar-refractivity contribution in [1.82, 2.24) is 10.3 Å². The zero-order chi connectivity index (χ0) is 18.3. The molecule has 0 aliphatic rings. The summed E-state index contributed by atoms with van der Waals surface area (Å²) in [6.07, 6.45) is -1.38. The summed E-state index contributed by atoms with van der Waals surface area (Å²) in [6, 6.07) is 12.8. The van der Waals surface area contributed by atoms with E-state index < -0.39 is 17.8 Å². The number of benzene rings is 1. The molecular weight excluding hydrogens is 349 g/mol. The van der Waals surface area contributed by atoms with Gasteiger partial charge in [-0.25, -0.2) is 4.98 Å². The maximum Gasteiger partial charge on any atom is 0.398 e. The summed E-state index contributed by atoms with van der Waals surface area (Å²) < 4.78 is 37.2. The molecule has 0 aliphatic carbocycles. The summed E-state index contributed by atoms with van der Waals surface area (Å²) in [6.45, 7) is 1.87. The van der Waals surface area contributed by atoms with Crippen molar-refractivity contribution in [3.63, 3.8) is 0 Å². The molecule has 0 fully saturated rings. The number of aryl methyl sites for hydroxylation is 1.